The van der Waals surface area contributed by atoms with E-state index < -0.39 is 5.97 Å². The highest BCUT2D eigenvalue weighted by Gasteiger charge is 2.01. The average Bonchev–Trinajstić information content (AvgIpc) is 2.45. The molecule has 1 unspecified atom stereocenters. The summed E-state index contributed by atoms with van der Waals surface area (Å²) in [4.78, 5) is 10.3. The van der Waals surface area contributed by atoms with Gasteiger partial charge >= 0.3 is 5.97 Å². The van der Waals surface area contributed by atoms with Crippen LogP contribution >= 0.6 is 0 Å². The second-order valence-electron chi connectivity index (χ2n) is 6.39. The number of aliphatic carboxylic acids is 1. The van der Waals surface area contributed by atoms with Crippen LogP contribution in [0.15, 0.2) is 12.2 Å². The second kappa shape index (κ2) is 15.6. The molecule has 0 saturated heterocycles. The Balaban J connectivity index is 3.21. The van der Waals surface area contributed by atoms with Crippen LogP contribution in [0.5, 0.6) is 0 Å². The van der Waals surface area contributed by atoms with E-state index in [9.17, 15) is 4.79 Å². The molecule has 124 valence electrons. The van der Waals surface area contributed by atoms with Crippen LogP contribution in [0, 0.1) is 5.92 Å². The van der Waals surface area contributed by atoms with Crippen molar-refractivity contribution in [3.05, 3.63) is 12.2 Å². The van der Waals surface area contributed by atoms with Gasteiger partial charge in [0.15, 0.2) is 0 Å². The Morgan fingerprint density at radius 3 is 2.00 bits per heavy atom. The van der Waals surface area contributed by atoms with E-state index in [0.717, 1.165) is 18.8 Å². The highest BCUT2D eigenvalue weighted by Crippen LogP contribution is 2.18. The smallest absolute Gasteiger partial charge is 0.327 e. The summed E-state index contributed by atoms with van der Waals surface area (Å²) in [5.41, 5.74) is 0. The van der Waals surface area contributed by atoms with Crippen molar-refractivity contribution in [1.82, 2.24) is 0 Å². The number of allylic oxidation sites excluding steroid dienone is 1. The first-order valence-corrected chi connectivity index (χ1v) is 9.06. The fourth-order valence-electron chi connectivity index (χ4n) is 2.71. The zero-order valence-electron chi connectivity index (χ0n) is 14.3. The third kappa shape index (κ3) is 17.2. The molecule has 0 heterocycles. The van der Waals surface area contributed by atoms with Gasteiger partial charge in [0.1, 0.15) is 0 Å². The van der Waals surface area contributed by atoms with E-state index in [1.807, 2.05) is 0 Å². The van der Waals surface area contributed by atoms with Crippen LogP contribution < -0.4 is 0 Å². The quantitative estimate of drug-likeness (QED) is 0.282. The largest absolute Gasteiger partial charge is 0.478 e. The molecule has 0 radical (unpaired) electrons. The molecule has 0 aliphatic heterocycles. The van der Waals surface area contributed by atoms with Gasteiger partial charge in [-0.3, -0.25) is 0 Å². The van der Waals surface area contributed by atoms with Gasteiger partial charge in [-0.25, -0.2) is 4.79 Å². The Morgan fingerprint density at radius 1 is 0.905 bits per heavy atom. The van der Waals surface area contributed by atoms with Crippen molar-refractivity contribution in [2.24, 2.45) is 5.92 Å². The van der Waals surface area contributed by atoms with Crippen molar-refractivity contribution in [2.75, 3.05) is 0 Å². The number of hydrogen-bond acceptors (Lipinski definition) is 1. The molecule has 0 aromatic heterocycles. The summed E-state index contributed by atoms with van der Waals surface area (Å²) >= 11 is 0. The molecule has 0 rings (SSSR count). The minimum absolute atomic E-state index is 0.835. The average molecular weight is 296 g/mol. The molecule has 0 bridgehead atoms. The summed E-state index contributed by atoms with van der Waals surface area (Å²) in [6.45, 7) is 4.67. The molecule has 0 aromatic rings. The first kappa shape index (κ1) is 20.2. The van der Waals surface area contributed by atoms with Gasteiger partial charge in [-0.1, -0.05) is 90.6 Å². The summed E-state index contributed by atoms with van der Waals surface area (Å²) in [5.74, 6) is 0.0591. The van der Waals surface area contributed by atoms with Gasteiger partial charge in [0, 0.05) is 6.08 Å². The Kier molecular flexibility index (Phi) is 15.0. The normalized spacial score (nSPS) is 12.9. The van der Waals surface area contributed by atoms with Crippen LogP contribution in [0.25, 0.3) is 0 Å². The van der Waals surface area contributed by atoms with Gasteiger partial charge in [0.2, 0.25) is 0 Å². The number of carboxylic acids is 1. The summed E-state index contributed by atoms with van der Waals surface area (Å²) < 4.78 is 0. The summed E-state index contributed by atoms with van der Waals surface area (Å²) in [6.07, 6.45) is 20.0. The Labute approximate surface area is 132 Å². The van der Waals surface area contributed by atoms with Crippen LogP contribution in [0.1, 0.15) is 97.3 Å². The molecule has 0 aliphatic carbocycles. The number of carboxylic acid groups (broad SMARTS) is 1. The molecule has 1 atom stereocenters. The number of hydrogen-bond donors (Lipinski definition) is 1. The van der Waals surface area contributed by atoms with Crippen LogP contribution in [-0.4, -0.2) is 11.1 Å². The predicted molar refractivity (Wildman–Crippen MR) is 91.6 cm³/mol. The molecule has 21 heavy (non-hydrogen) atoms. The van der Waals surface area contributed by atoms with Gasteiger partial charge in [-0.2, -0.15) is 0 Å². The molecule has 0 aliphatic rings. The SMILES string of the molecule is CCCCCCCC(C)CCCCCCC/C=C/C(=O)O. The van der Waals surface area contributed by atoms with Gasteiger partial charge in [0.25, 0.3) is 0 Å². The predicted octanol–water partition coefficient (Wildman–Crippen LogP) is 6.35. The Hall–Kier alpha value is -0.790. The molecule has 0 spiro atoms. The number of carbonyl (C=O) groups is 1. The lowest BCUT2D eigenvalue weighted by Gasteiger charge is -2.10. The molecule has 0 amide bonds. The van der Waals surface area contributed by atoms with Crippen molar-refractivity contribution in [3.63, 3.8) is 0 Å². The molecular formula is C19H36O2. The maximum Gasteiger partial charge on any atom is 0.327 e. The molecule has 2 nitrogen and oxygen atoms in total. The second-order valence-corrected chi connectivity index (χ2v) is 6.39. The maximum atomic E-state index is 10.3. The van der Waals surface area contributed by atoms with Gasteiger partial charge < -0.3 is 5.11 Å². The summed E-state index contributed by atoms with van der Waals surface area (Å²) in [7, 11) is 0. The Morgan fingerprint density at radius 2 is 1.43 bits per heavy atom. The Bertz CT molecular complexity index is 258. The van der Waals surface area contributed by atoms with Crippen LogP contribution in [0.2, 0.25) is 0 Å². The van der Waals surface area contributed by atoms with Crippen molar-refractivity contribution in [3.8, 4) is 0 Å². The molecule has 2 heteroatoms. The summed E-state index contributed by atoms with van der Waals surface area (Å²) in [6, 6.07) is 0. The monoisotopic (exact) mass is 296 g/mol. The van der Waals surface area contributed by atoms with E-state index in [1.54, 1.807) is 6.08 Å². The fourth-order valence-corrected chi connectivity index (χ4v) is 2.71. The lowest BCUT2D eigenvalue weighted by Crippen LogP contribution is -1.95. The third-order valence-corrected chi connectivity index (χ3v) is 4.13. The molecule has 1 N–H and O–H groups in total. The van der Waals surface area contributed by atoms with E-state index >= 15 is 0 Å². The van der Waals surface area contributed by atoms with Crippen molar-refractivity contribution in [1.29, 1.82) is 0 Å². The van der Waals surface area contributed by atoms with E-state index in [1.165, 1.54) is 76.7 Å². The topological polar surface area (TPSA) is 37.3 Å². The lowest BCUT2D eigenvalue weighted by atomic mass is 9.96. The lowest BCUT2D eigenvalue weighted by molar-refractivity contribution is -0.131. The van der Waals surface area contributed by atoms with Crippen molar-refractivity contribution in [2.45, 2.75) is 97.3 Å². The van der Waals surface area contributed by atoms with E-state index in [4.69, 9.17) is 5.11 Å². The minimum Gasteiger partial charge on any atom is -0.478 e. The molecule has 0 aromatic carbocycles. The molecule has 0 fully saturated rings. The zero-order chi connectivity index (χ0) is 15.8. The first-order chi connectivity index (χ1) is 10.2. The van der Waals surface area contributed by atoms with Gasteiger partial charge in [-0.15, -0.1) is 0 Å². The first-order valence-electron chi connectivity index (χ1n) is 9.06. The zero-order valence-corrected chi connectivity index (χ0v) is 14.3. The van der Waals surface area contributed by atoms with Crippen molar-refractivity contribution >= 4 is 5.97 Å². The van der Waals surface area contributed by atoms with Gasteiger partial charge in [-0.05, 0) is 18.8 Å². The highest BCUT2D eigenvalue weighted by atomic mass is 16.4. The fraction of sp³-hybridized carbons (Fsp3) is 0.842. The van der Waals surface area contributed by atoms with E-state index in [0.29, 0.717) is 0 Å². The standard InChI is InChI=1S/C19H36O2/c1-3-4-5-9-12-15-18(2)16-13-10-7-6-8-11-14-17-19(20)21/h14,17-18H,3-13,15-16H2,1-2H3,(H,20,21)/b17-14+. The van der Waals surface area contributed by atoms with Crippen molar-refractivity contribution < 1.29 is 9.90 Å². The van der Waals surface area contributed by atoms with E-state index in [2.05, 4.69) is 13.8 Å². The minimum atomic E-state index is -0.835. The molecule has 0 saturated carbocycles. The van der Waals surface area contributed by atoms with Crippen LogP contribution in [-0.2, 0) is 4.79 Å². The van der Waals surface area contributed by atoms with Gasteiger partial charge in [0.05, 0.1) is 0 Å². The third-order valence-electron chi connectivity index (χ3n) is 4.13. The number of unbranched alkanes of at least 4 members (excludes halogenated alkanes) is 9. The molecular weight excluding hydrogens is 260 g/mol. The van der Waals surface area contributed by atoms with E-state index in [-0.39, 0.29) is 0 Å². The maximum absolute atomic E-state index is 10.3. The summed E-state index contributed by atoms with van der Waals surface area (Å²) in [5, 5.41) is 8.46. The number of rotatable bonds is 15. The van der Waals surface area contributed by atoms with Crippen LogP contribution in [0.3, 0.4) is 0 Å². The highest BCUT2D eigenvalue weighted by molar-refractivity contribution is 5.79. The van der Waals surface area contributed by atoms with Crippen LogP contribution in [0.4, 0.5) is 0 Å².